The van der Waals surface area contributed by atoms with Crippen LogP contribution in [0.2, 0.25) is 0 Å². The van der Waals surface area contributed by atoms with Gasteiger partial charge in [-0.25, -0.2) is 0 Å². The fourth-order valence-corrected chi connectivity index (χ4v) is 1.52. The number of hydrogen-bond donors (Lipinski definition) is 1. The van der Waals surface area contributed by atoms with Gasteiger partial charge in [0.25, 0.3) is 0 Å². The van der Waals surface area contributed by atoms with E-state index >= 15 is 0 Å². The van der Waals surface area contributed by atoms with Gasteiger partial charge < -0.3 is 5.32 Å². The third kappa shape index (κ3) is 1.72. The first-order chi connectivity index (χ1) is 6.77. The van der Waals surface area contributed by atoms with Crippen LogP contribution in [0, 0.1) is 0 Å². The van der Waals surface area contributed by atoms with Crippen molar-refractivity contribution < 1.29 is 4.79 Å². The van der Waals surface area contributed by atoms with Gasteiger partial charge in [0.2, 0.25) is 5.91 Å². The van der Waals surface area contributed by atoms with Crippen molar-refractivity contribution in [3.8, 4) is 0 Å². The summed E-state index contributed by atoms with van der Waals surface area (Å²) in [4.78, 5) is 16.8. The van der Waals surface area contributed by atoms with Crippen molar-refractivity contribution in [2.75, 3.05) is 6.54 Å². The van der Waals surface area contributed by atoms with E-state index in [0.29, 0.717) is 18.2 Å². The quantitative estimate of drug-likeness (QED) is 0.708. The van der Waals surface area contributed by atoms with Gasteiger partial charge in [-0.3, -0.25) is 14.7 Å². The Morgan fingerprint density at radius 3 is 2.79 bits per heavy atom. The maximum absolute atomic E-state index is 11.3. The second kappa shape index (κ2) is 3.71. The van der Waals surface area contributed by atoms with Crippen LogP contribution in [-0.4, -0.2) is 27.4 Å². The van der Waals surface area contributed by atoms with E-state index < -0.39 is 0 Å². The highest BCUT2D eigenvalue weighted by atomic mass is 32.1. The lowest BCUT2D eigenvalue weighted by molar-refractivity contribution is -0.124. The van der Waals surface area contributed by atoms with E-state index in [9.17, 15) is 4.79 Å². The van der Waals surface area contributed by atoms with E-state index in [1.807, 2.05) is 12.1 Å². The van der Waals surface area contributed by atoms with Crippen LogP contribution < -0.4 is 5.32 Å². The molecule has 0 unspecified atom stereocenters. The van der Waals surface area contributed by atoms with Crippen molar-refractivity contribution in [3.63, 3.8) is 0 Å². The summed E-state index contributed by atoms with van der Waals surface area (Å²) in [5.41, 5.74) is 1.03. The zero-order chi connectivity index (χ0) is 9.97. The summed E-state index contributed by atoms with van der Waals surface area (Å²) in [7, 11) is 0. The summed E-state index contributed by atoms with van der Waals surface area (Å²) < 4.78 is 0. The molecule has 1 aromatic heterocycles. The Kier molecular flexibility index (Phi) is 2.41. The first kappa shape index (κ1) is 9.08. The Hall–Kier alpha value is -1.49. The standard InChI is InChI=1S/C9H9N3OS/c13-8-5-11-9(14)12(8)6-7-1-3-10-4-2-7/h1-4H,5-6H2,(H,11,14). The van der Waals surface area contributed by atoms with Crippen molar-refractivity contribution in [3.05, 3.63) is 30.1 Å². The van der Waals surface area contributed by atoms with Crippen LogP contribution in [-0.2, 0) is 11.3 Å². The normalized spacial score (nSPS) is 15.9. The van der Waals surface area contributed by atoms with Crippen LogP contribution in [0.4, 0.5) is 0 Å². The molecule has 1 amide bonds. The van der Waals surface area contributed by atoms with Gasteiger partial charge in [0.05, 0.1) is 13.1 Å². The summed E-state index contributed by atoms with van der Waals surface area (Å²) in [5.74, 6) is 0.0202. The lowest BCUT2D eigenvalue weighted by Crippen LogP contribution is -2.30. The van der Waals surface area contributed by atoms with Crippen LogP contribution in [0.15, 0.2) is 24.5 Å². The Morgan fingerprint density at radius 1 is 1.50 bits per heavy atom. The number of pyridine rings is 1. The largest absolute Gasteiger partial charge is 0.353 e. The summed E-state index contributed by atoms with van der Waals surface area (Å²) in [6, 6.07) is 3.74. The number of thiocarbonyl (C=S) groups is 1. The fraction of sp³-hybridized carbons (Fsp3) is 0.222. The molecule has 2 heterocycles. The Morgan fingerprint density at radius 2 is 2.21 bits per heavy atom. The highest BCUT2D eigenvalue weighted by Gasteiger charge is 2.24. The molecule has 0 aromatic carbocycles. The third-order valence-corrected chi connectivity index (χ3v) is 2.39. The molecule has 5 heteroatoms. The molecule has 0 saturated carbocycles. The van der Waals surface area contributed by atoms with E-state index in [0.717, 1.165) is 5.56 Å². The van der Waals surface area contributed by atoms with Crippen LogP contribution in [0.1, 0.15) is 5.56 Å². The highest BCUT2D eigenvalue weighted by molar-refractivity contribution is 7.80. The molecule has 1 saturated heterocycles. The van der Waals surface area contributed by atoms with Crippen LogP contribution in [0.3, 0.4) is 0 Å². The Labute approximate surface area is 86.9 Å². The third-order valence-electron chi connectivity index (χ3n) is 2.03. The minimum absolute atomic E-state index is 0.0202. The number of amides is 1. The van der Waals surface area contributed by atoms with E-state index in [1.165, 1.54) is 0 Å². The number of nitrogens with zero attached hydrogens (tertiary/aromatic N) is 2. The minimum Gasteiger partial charge on any atom is -0.353 e. The molecular weight excluding hydrogens is 198 g/mol. The summed E-state index contributed by atoms with van der Waals surface area (Å²) in [5, 5.41) is 3.34. The predicted octanol–water partition coefficient (Wildman–Crippen LogP) is 0.298. The van der Waals surface area contributed by atoms with Crippen molar-refractivity contribution in [1.29, 1.82) is 0 Å². The van der Waals surface area contributed by atoms with E-state index in [4.69, 9.17) is 12.2 Å². The van der Waals surface area contributed by atoms with E-state index in [1.54, 1.807) is 17.3 Å². The number of rotatable bonds is 2. The van der Waals surface area contributed by atoms with E-state index in [2.05, 4.69) is 10.3 Å². The van der Waals surface area contributed by atoms with Crippen LogP contribution in [0.25, 0.3) is 0 Å². The number of carbonyl (C=O) groups excluding carboxylic acids is 1. The molecule has 1 fully saturated rings. The molecule has 72 valence electrons. The van der Waals surface area contributed by atoms with Crippen molar-refractivity contribution in [2.24, 2.45) is 0 Å². The number of nitrogens with one attached hydrogen (secondary N) is 1. The lowest BCUT2D eigenvalue weighted by atomic mass is 10.2. The zero-order valence-corrected chi connectivity index (χ0v) is 8.25. The molecule has 1 aromatic rings. The first-order valence-electron chi connectivity index (χ1n) is 4.24. The number of hydrogen-bond acceptors (Lipinski definition) is 3. The SMILES string of the molecule is O=C1CNC(=S)N1Cc1ccncc1. The molecule has 1 aliphatic heterocycles. The summed E-state index contributed by atoms with van der Waals surface area (Å²) >= 11 is 5.00. The van der Waals surface area contributed by atoms with Gasteiger partial charge in [-0.1, -0.05) is 0 Å². The van der Waals surface area contributed by atoms with Crippen LogP contribution in [0.5, 0.6) is 0 Å². The minimum atomic E-state index is 0.0202. The van der Waals surface area contributed by atoms with Gasteiger partial charge in [-0.15, -0.1) is 0 Å². The average Bonchev–Trinajstić information content (AvgIpc) is 2.51. The number of aromatic nitrogens is 1. The molecule has 2 rings (SSSR count). The van der Waals surface area contributed by atoms with Crippen LogP contribution >= 0.6 is 12.2 Å². The summed E-state index contributed by atoms with van der Waals surface area (Å²) in [6.45, 7) is 0.830. The lowest BCUT2D eigenvalue weighted by Gasteiger charge is -2.13. The first-order valence-corrected chi connectivity index (χ1v) is 4.65. The molecule has 0 radical (unpaired) electrons. The Balaban J connectivity index is 2.11. The maximum Gasteiger partial charge on any atom is 0.248 e. The maximum atomic E-state index is 11.3. The molecule has 1 aliphatic rings. The molecule has 0 aliphatic carbocycles. The molecule has 0 atom stereocenters. The zero-order valence-electron chi connectivity index (χ0n) is 7.43. The summed E-state index contributed by atoms with van der Waals surface area (Å²) in [6.07, 6.45) is 3.40. The molecule has 4 nitrogen and oxygen atoms in total. The van der Waals surface area contributed by atoms with Crippen molar-refractivity contribution >= 4 is 23.2 Å². The predicted molar refractivity (Wildman–Crippen MR) is 55.4 cm³/mol. The van der Waals surface area contributed by atoms with E-state index in [-0.39, 0.29) is 5.91 Å². The molecule has 14 heavy (non-hydrogen) atoms. The molecular formula is C9H9N3OS. The van der Waals surface area contributed by atoms with Gasteiger partial charge in [0.1, 0.15) is 0 Å². The van der Waals surface area contributed by atoms with Crippen molar-refractivity contribution in [1.82, 2.24) is 15.2 Å². The van der Waals surface area contributed by atoms with Gasteiger partial charge in [0, 0.05) is 12.4 Å². The second-order valence-corrected chi connectivity index (χ2v) is 3.38. The monoisotopic (exact) mass is 207 g/mol. The molecule has 1 N–H and O–H groups in total. The highest BCUT2D eigenvalue weighted by Crippen LogP contribution is 2.07. The van der Waals surface area contributed by atoms with Gasteiger partial charge in [0.15, 0.2) is 5.11 Å². The average molecular weight is 207 g/mol. The smallest absolute Gasteiger partial charge is 0.248 e. The second-order valence-electron chi connectivity index (χ2n) is 2.99. The van der Waals surface area contributed by atoms with Gasteiger partial charge in [-0.05, 0) is 29.9 Å². The van der Waals surface area contributed by atoms with Gasteiger partial charge >= 0.3 is 0 Å². The van der Waals surface area contributed by atoms with Crippen molar-refractivity contribution in [2.45, 2.75) is 6.54 Å². The molecule has 0 bridgehead atoms. The fourth-order valence-electron chi connectivity index (χ4n) is 1.29. The topological polar surface area (TPSA) is 45.2 Å². The molecule has 0 spiro atoms. The van der Waals surface area contributed by atoms with Gasteiger partial charge in [-0.2, -0.15) is 0 Å². The number of carbonyl (C=O) groups is 1. The Bertz CT molecular complexity index is 350.